The molecule has 1 N–H and O–H groups in total. The zero-order valence-corrected chi connectivity index (χ0v) is 13.2. The summed E-state index contributed by atoms with van der Waals surface area (Å²) in [7, 11) is 0. The maximum Gasteiger partial charge on any atom is 0.228 e. The summed E-state index contributed by atoms with van der Waals surface area (Å²) < 4.78 is 0. The number of anilines is 1. The summed E-state index contributed by atoms with van der Waals surface area (Å²) in [5.74, 6) is 0.774. The van der Waals surface area contributed by atoms with Crippen LogP contribution in [0.3, 0.4) is 0 Å². The first-order valence-electron chi connectivity index (χ1n) is 7.19. The van der Waals surface area contributed by atoms with E-state index in [1.54, 1.807) is 11.3 Å². The topological polar surface area (TPSA) is 41.1 Å². The lowest BCUT2D eigenvalue weighted by Crippen LogP contribution is -2.29. The number of rotatable bonds is 3. The maximum absolute atomic E-state index is 6.35. The van der Waals surface area contributed by atoms with Crippen LogP contribution in [-0.4, -0.2) is 36.1 Å². The van der Waals surface area contributed by atoms with Crippen LogP contribution in [0.25, 0.3) is 10.2 Å². The van der Waals surface area contributed by atoms with Gasteiger partial charge in [0.2, 0.25) is 5.95 Å². The number of hydrogen-bond donors (Lipinski definition) is 1. The fourth-order valence-corrected chi connectivity index (χ4v) is 3.88. The molecule has 0 amide bonds. The van der Waals surface area contributed by atoms with Crippen LogP contribution in [0, 0.1) is 0 Å². The van der Waals surface area contributed by atoms with Crippen molar-refractivity contribution in [3.05, 3.63) is 16.1 Å². The van der Waals surface area contributed by atoms with Gasteiger partial charge in [0.15, 0.2) is 0 Å². The average molecular weight is 311 g/mol. The molecule has 20 heavy (non-hydrogen) atoms. The third-order valence-electron chi connectivity index (χ3n) is 3.50. The Morgan fingerprint density at radius 1 is 1.35 bits per heavy atom. The number of fused-ring (bicyclic) bond motifs is 1. The minimum Gasteiger partial charge on any atom is -0.339 e. The van der Waals surface area contributed by atoms with Gasteiger partial charge in [-0.05, 0) is 25.5 Å². The SMILES string of the molecule is CCCc1cc2c(Cl)nc(N3CCCNCC3)nc2s1. The molecular formula is C14H19ClN4S. The van der Waals surface area contributed by atoms with Gasteiger partial charge >= 0.3 is 0 Å². The van der Waals surface area contributed by atoms with E-state index in [0.717, 1.165) is 61.6 Å². The Morgan fingerprint density at radius 2 is 2.25 bits per heavy atom. The van der Waals surface area contributed by atoms with Crippen LogP contribution in [0.4, 0.5) is 5.95 Å². The van der Waals surface area contributed by atoms with Crippen LogP contribution in [0.15, 0.2) is 6.07 Å². The first-order chi connectivity index (χ1) is 9.78. The van der Waals surface area contributed by atoms with E-state index in [1.807, 2.05) is 0 Å². The van der Waals surface area contributed by atoms with Gasteiger partial charge in [-0.3, -0.25) is 0 Å². The quantitative estimate of drug-likeness (QED) is 0.885. The van der Waals surface area contributed by atoms with Crippen molar-refractivity contribution in [1.29, 1.82) is 0 Å². The molecule has 0 aromatic carbocycles. The Kier molecular flexibility index (Phi) is 4.38. The number of thiophene rings is 1. The molecule has 0 aliphatic carbocycles. The minimum absolute atomic E-state index is 0.584. The van der Waals surface area contributed by atoms with Gasteiger partial charge in [0.05, 0.1) is 0 Å². The number of aromatic nitrogens is 2. The summed E-state index contributed by atoms with van der Waals surface area (Å²) in [5.41, 5.74) is 0. The summed E-state index contributed by atoms with van der Waals surface area (Å²) >= 11 is 8.09. The summed E-state index contributed by atoms with van der Waals surface area (Å²) in [6.07, 6.45) is 3.34. The number of nitrogens with one attached hydrogen (secondary N) is 1. The molecule has 0 saturated carbocycles. The van der Waals surface area contributed by atoms with E-state index in [0.29, 0.717) is 5.15 Å². The smallest absolute Gasteiger partial charge is 0.228 e. The Balaban J connectivity index is 1.95. The average Bonchev–Trinajstić information content (AvgIpc) is 2.67. The molecule has 0 unspecified atom stereocenters. The van der Waals surface area contributed by atoms with Gasteiger partial charge < -0.3 is 10.2 Å². The van der Waals surface area contributed by atoms with Crippen molar-refractivity contribution < 1.29 is 0 Å². The van der Waals surface area contributed by atoms with Crippen molar-refractivity contribution in [3.8, 4) is 0 Å². The van der Waals surface area contributed by atoms with Crippen molar-refractivity contribution in [3.63, 3.8) is 0 Å². The number of aryl methyl sites for hydroxylation is 1. The second-order valence-electron chi connectivity index (χ2n) is 5.09. The minimum atomic E-state index is 0.584. The van der Waals surface area contributed by atoms with Crippen molar-refractivity contribution in [2.75, 3.05) is 31.1 Å². The molecule has 0 spiro atoms. The zero-order valence-electron chi connectivity index (χ0n) is 11.7. The molecule has 0 atom stereocenters. The van der Waals surface area contributed by atoms with Crippen LogP contribution in [0.1, 0.15) is 24.6 Å². The maximum atomic E-state index is 6.35. The van der Waals surface area contributed by atoms with Gasteiger partial charge in [-0.1, -0.05) is 24.9 Å². The summed E-state index contributed by atoms with van der Waals surface area (Å²) in [5, 5.41) is 4.97. The lowest BCUT2D eigenvalue weighted by molar-refractivity contribution is 0.724. The Bertz CT molecular complexity index is 590. The Labute approximate surface area is 128 Å². The van der Waals surface area contributed by atoms with Gasteiger partial charge in [0.1, 0.15) is 9.98 Å². The summed E-state index contributed by atoms with van der Waals surface area (Å²) in [4.78, 5) is 13.8. The molecule has 0 radical (unpaired) electrons. The van der Waals surface area contributed by atoms with Crippen molar-refractivity contribution >= 4 is 39.1 Å². The fraction of sp³-hybridized carbons (Fsp3) is 0.571. The second-order valence-corrected chi connectivity index (χ2v) is 6.56. The van der Waals surface area contributed by atoms with E-state index in [1.165, 1.54) is 4.88 Å². The lowest BCUT2D eigenvalue weighted by atomic mass is 10.2. The molecule has 0 bridgehead atoms. The number of halogens is 1. The molecule has 2 aromatic heterocycles. The third-order valence-corrected chi connectivity index (χ3v) is 4.88. The first-order valence-corrected chi connectivity index (χ1v) is 8.39. The predicted octanol–water partition coefficient (Wildman–Crippen LogP) is 3.10. The largest absolute Gasteiger partial charge is 0.339 e. The summed E-state index contributed by atoms with van der Waals surface area (Å²) in [6.45, 7) is 6.15. The Morgan fingerprint density at radius 3 is 3.10 bits per heavy atom. The van der Waals surface area contributed by atoms with E-state index < -0.39 is 0 Å². The highest BCUT2D eigenvalue weighted by molar-refractivity contribution is 7.18. The van der Waals surface area contributed by atoms with Gasteiger partial charge in [0, 0.05) is 29.9 Å². The second kappa shape index (κ2) is 6.24. The molecule has 3 rings (SSSR count). The standard InChI is InChI=1S/C14H19ClN4S/c1-2-4-10-9-11-12(15)17-14(18-13(11)20-10)19-7-3-5-16-6-8-19/h9,16H,2-8H2,1H3. The highest BCUT2D eigenvalue weighted by Crippen LogP contribution is 2.31. The van der Waals surface area contributed by atoms with Gasteiger partial charge in [-0.25, -0.2) is 9.97 Å². The van der Waals surface area contributed by atoms with Crippen LogP contribution < -0.4 is 10.2 Å². The van der Waals surface area contributed by atoms with E-state index in [4.69, 9.17) is 16.6 Å². The summed E-state index contributed by atoms with van der Waals surface area (Å²) in [6, 6.07) is 2.14. The molecule has 1 saturated heterocycles. The van der Waals surface area contributed by atoms with Crippen LogP contribution in [0.5, 0.6) is 0 Å². The van der Waals surface area contributed by atoms with Gasteiger partial charge in [-0.2, -0.15) is 0 Å². The molecule has 2 aromatic rings. The monoisotopic (exact) mass is 310 g/mol. The molecule has 1 fully saturated rings. The normalized spacial score (nSPS) is 16.6. The van der Waals surface area contributed by atoms with Crippen molar-refractivity contribution in [1.82, 2.24) is 15.3 Å². The molecule has 4 nitrogen and oxygen atoms in total. The molecule has 108 valence electrons. The molecule has 3 heterocycles. The van der Waals surface area contributed by atoms with Crippen LogP contribution in [-0.2, 0) is 6.42 Å². The van der Waals surface area contributed by atoms with E-state index in [2.05, 4.69) is 28.2 Å². The highest BCUT2D eigenvalue weighted by Gasteiger charge is 2.16. The molecule has 1 aliphatic rings. The predicted molar refractivity (Wildman–Crippen MR) is 86.1 cm³/mol. The number of nitrogens with zero attached hydrogens (tertiary/aromatic N) is 3. The van der Waals surface area contributed by atoms with Gasteiger partial charge in [0.25, 0.3) is 0 Å². The first kappa shape index (κ1) is 14.0. The van der Waals surface area contributed by atoms with E-state index >= 15 is 0 Å². The third kappa shape index (κ3) is 2.90. The highest BCUT2D eigenvalue weighted by atomic mass is 35.5. The molecule has 1 aliphatic heterocycles. The van der Waals surface area contributed by atoms with Gasteiger partial charge in [-0.15, -0.1) is 11.3 Å². The van der Waals surface area contributed by atoms with E-state index in [9.17, 15) is 0 Å². The lowest BCUT2D eigenvalue weighted by Gasteiger charge is -2.19. The van der Waals surface area contributed by atoms with Crippen LogP contribution in [0.2, 0.25) is 5.15 Å². The van der Waals surface area contributed by atoms with Crippen molar-refractivity contribution in [2.24, 2.45) is 0 Å². The Hall–Kier alpha value is -0.910. The molecular weight excluding hydrogens is 292 g/mol. The fourth-order valence-electron chi connectivity index (χ4n) is 2.48. The van der Waals surface area contributed by atoms with Crippen molar-refractivity contribution in [2.45, 2.75) is 26.2 Å². The van der Waals surface area contributed by atoms with Crippen LogP contribution >= 0.6 is 22.9 Å². The molecule has 6 heteroatoms. The zero-order chi connectivity index (χ0) is 13.9. The van der Waals surface area contributed by atoms with E-state index in [-0.39, 0.29) is 0 Å². The number of hydrogen-bond acceptors (Lipinski definition) is 5.